The fraction of sp³-hybridized carbons (Fsp3) is 0.467. The van der Waals surface area contributed by atoms with Gasteiger partial charge in [-0.1, -0.05) is 74.5 Å². The quantitative estimate of drug-likeness (QED) is 0.295. The van der Waals surface area contributed by atoms with Crippen LogP contribution in [0.1, 0.15) is 59.1 Å². The van der Waals surface area contributed by atoms with Crippen LogP contribution in [0.5, 0.6) is 0 Å². The number of hydrogen-bond acceptors (Lipinski definition) is 6. The number of amides is 4. The van der Waals surface area contributed by atoms with E-state index in [1.54, 1.807) is 0 Å². The van der Waals surface area contributed by atoms with Crippen molar-refractivity contribution in [2.45, 2.75) is 78.3 Å². The van der Waals surface area contributed by atoms with Crippen molar-refractivity contribution in [1.29, 1.82) is 0 Å². The molecule has 4 N–H and O–H groups in total. The monoisotopic (exact) mass is 554 g/mol. The van der Waals surface area contributed by atoms with Gasteiger partial charge in [0, 0.05) is 11.1 Å². The molecule has 0 aromatic heterocycles. The van der Waals surface area contributed by atoms with Crippen LogP contribution in [0.25, 0.3) is 0 Å². The molecule has 40 heavy (non-hydrogen) atoms. The normalized spacial score (nSPS) is 12.2. The summed E-state index contributed by atoms with van der Waals surface area (Å²) in [6, 6.07) is 17.7. The zero-order valence-electron chi connectivity index (χ0n) is 24.2. The largest absolute Gasteiger partial charge is 0.445 e. The summed E-state index contributed by atoms with van der Waals surface area (Å²) in [5, 5.41) is 11.0. The van der Waals surface area contributed by atoms with Crippen molar-refractivity contribution in [1.82, 2.24) is 21.3 Å². The SMILES string of the molecule is CC(C)C(NC(=O)OCc1ccccc1)C(=O)NC(C)(C)CC(C)(C)NC(=O)CNC(=O)OCc1ccccc1. The highest BCUT2D eigenvalue weighted by atomic mass is 16.6. The molecule has 0 fully saturated rings. The summed E-state index contributed by atoms with van der Waals surface area (Å²) in [6.07, 6.45) is -1.00. The van der Waals surface area contributed by atoms with Gasteiger partial charge in [-0.05, 0) is 51.2 Å². The van der Waals surface area contributed by atoms with Gasteiger partial charge in [0.15, 0.2) is 0 Å². The van der Waals surface area contributed by atoms with Gasteiger partial charge in [-0.15, -0.1) is 0 Å². The summed E-state index contributed by atoms with van der Waals surface area (Å²) in [4.78, 5) is 49.9. The van der Waals surface area contributed by atoms with Gasteiger partial charge in [0.05, 0.1) is 0 Å². The molecule has 1 atom stereocenters. The molecule has 0 saturated heterocycles. The maximum atomic E-state index is 13.1. The predicted octanol–water partition coefficient (Wildman–Crippen LogP) is 4.04. The smallest absolute Gasteiger partial charge is 0.408 e. The Hall–Kier alpha value is -4.08. The van der Waals surface area contributed by atoms with Gasteiger partial charge in [-0.25, -0.2) is 9.59 Å². The second-order valence-corrected chi connectivity index (χ2v) is 11.3. The summed E-state index contributed by atoms with van der Waals surface area (Å²) >= 11 is 0. The molecule has 10 heteroatoms. The zero-order chi connectivity index (χ0) is 29.8. The predicted molar refractivity (Wildman–Crippen MR) is 152 cm³/mol. The third kappa shape index (κ3) is 12.2. The lowest BCUT2D eigenvalue weighted by atomic mass is 9.86. The van der Waals surface area contributed by atoms with Crippen LogP contribution >= 0.6 is 0 Å². The molecule has 0 aliphatic carbocycles. The Morgan fingerprint density at radius 2 is 1.20 bits per heavy atom. The molecule has 10 nitrogen and oxygen atoms in total. The van der Waals surface area contributed by atoms with Crippen LogP contribution in [-0.4, -0.2) is 47.7 Å². The third-order valence-electron chi connectivity index (χ3n) is 5.86. The van der Waals surface area contributed by atoms with Crippen LogP contribution in [0.15, 0.2) is 60.7 Å². The van der Waals surface area contributed by atoms with Gasteiger partial charge in [0.1, 0.15) is 25.8 Å². The van der Waals surface area contributed by atoms with Gasteiger partial charge in [-0.3, -0.25) is 9.59 Å². The Labute approximate surface area is 236 Å². The van der Waals surface area contributed by atoms with E-state index in [1.165, 1.54) is 0 Å². The van der Waals surface area contributed by atoms with E-state index >= 15 is 0 Å². The average molecular weight is 555 g/mol. The van der Waals surface area contributed by atoms with Crippen LogP contribution in [0.4, 0.5) is 9.59 Å². The number of nitrogens with one attached hydrogen (secondary N) is 4. The van der Waals surface area contributed by atoms with Crippen molar-refractivity contribution in [2.75, 3.05) is 6.54 Å². The lowest BCUT2D eigenvalue weighted by Crippen LogP contribution is -2.59. The molecule has 4 amide bonds. The average Bonchev–Trinajstić information content (AvgIpc) is 2.87. The molecule has 0 heterocycles. The number of carbonyl (C=O) groups is 4. The Kier molecular flexibility index (Phi) is 12.0. The Balaban J connectivity index is 1.81. The van der Waals surface area contributed by atoms with Crippen LogP contribution in [0.2, 0.25) is 0 Å². The van der Waals surface area contributed by atoms with E-state index in [1.807, 2.05) is 102 Å². The number of hydrogen-bond donors (Lipinski definition) is 4. The highest BCUT2D eigenvalue weighted by Gasteiger charge is 2.34. The van der Waals surface area contributed by atoms with Crippen LogP contribution < -0.4 is 21.3 Å². The number of rotatable bonds is 13. The van der Waals surface area contributed by atoms with E-state index in [0.717, 1.165) is 11.1 Å². The highest BCUT2D eigenvalue weighted by molar-refractivity contribution is 5.86. The molecule has 0 saturated carbocycles. The molecule has 0 aliphatic rings. The van der Waals surface area contributed by atoms with Gasteiger partial charge in [-0.2, -0.15) is 0 Å². The Bertz CT molecular complexity index is 1120. The van der Waals surface area contributed by atoms with Crippen molar-refractivity contribution in [3.63, 3.8) is 0 Å². The molecule has 218 valence electrons. The maximum absolute atomic E-state index is 13.1. The first kappa shape index (κ1) is 32.1. The molecule has 0 bridgehead atoms. The molecular weight excluding hydrogens is 512 g/mol. The zero-order valence-corrected chi connectivity index (χ0v) is 24.2. The first-order valence-corrected chi connectivity index (χ1v) is 13.3. The van der Waals surface area contributed by atoms with Crippen molar-refractivity contribution < 1.29 is 28.7 Å². The van der Waals surface area contributed by atoms with Crippen molar-refractivity contribution in [2.24, 2.45) is 5.92 Å². The third-order valence-corrected chi connectivity index (χ3v) is 5.86. The standard InChI is InChI=1S/C30H42N4O6/c1-21(2)25(32-28(38)40-19-23-15-11-8-12-16-23)26(36)34-30(5,6)20-29(3,4)33-24(35)17-31-27(37)39-18-22-13-9-7-10-14-22/h7-16,21,25H,17-20H2,1-6H3,(H,31,37)(H,32,38)(H,33,35)(H,34,36). The van der Waals surface area contributed by atoms with Crippen LogP contribution in [0.3, 0.4) is 0 Å². The topological polar surface area (TPSA) is 135 Å². The number of ether oxygens (including phenoxy) is 2. The number of alkyl carbamates (subject to hydrolysis) is 2. The van der Waals surface area contributed by atoms with Gasteiger partial charge < -0.3 is 30.7 Å². The molecule has 1 unspecified atom stereocenters. The van der Waals surface area contributed by atoms with Gasteiger partial charge >= 0.3 is 12.2 Å². The second kappa shape index (κ2) is 14.9. The number of benzene rings is 2. The highest BCUT2D eigenvalue weighted by Crippen LogP contribution is 2.20. The molecule has 0 radical (unpaired) electrons. The van der Waals surface area contributed by atoms with E-state index in [0.29, 0.717) is 6.42 Å². The van der Waals surface area contributed by atoms with E-state index < -0.39 is 35.2 Å². The summed E-state index contributed by atoms with van der Waals surface area (Å²) in [5.74, 6) is -0.950. The minimum atomic E-state index is -0.814. The fourth-order valence-corrected chi connectivity index (χ4v) is 4.38. The second-order valence-electron chi connectivity index (χ2n) is 11.3. The summed E-state index contributed by atoms with van der Waals surface area (Å²) in [5.41, 5.74) is 0.219. The Morgan fingerprint density at radius 1 is 0.725 bits per heavy atom. The summed E-state index contributed by atoms with van der Waals surface area (Å²) < 4.78 is 10.4. The van der Waals surface area contributed by atoms with E-state index in [9.17, 15) is 19.2 Å². The van der Waals surface area contributed by atoms with Crippen molar-refractivity contribution in [3.8, 4) is 0 Å². The molecule has 2 aromatic rings. The van der Waals surface area contributed by atoms with Crippen molar-refractivity contribution in [3.05, 3.63) is 71.8 Å². The van der Waals surface area contributed by atoms with Crippen molar-refractivity contribution >= 4 is 24.0 Å². The molecular formula is C30H42N4O6. The van der Waals surface area contributed by atoms with E-state index in [-0.39, 0.29) is 31.6 Å². The molecule has 2 rings (SSSR count). The lowest BCUT2D eigenvalue weighted by molar-refractivity contribution is -0.126. The van der Waals surface area contributed by atoms with Gasteiger partial charge in [0.25, 0.3) is 0 Å². The maximum Gasteiger partial charge on any atom is 0.408 e. The van der Waals surface area contributed by atoms with E-state index in [2.05, 4.69) is 21.3 Å². The Morgan fingerprint density at radius 3 is 1.70 bits per heavy atom. The fourth-order valence-electron chi connectivity index (χ4n) is 4.38. The minimum absolute atomic E-state index is 0.0953. The lowest BCUT2D eigenvalue weighted by Gasteiger charge is -2.37. The number of carbonyl (C=O) groups excluding carboxylic acids is 4. The van der Waals surface area contributed by atoms with Gasteiger partial charge in [0.2, 0.25) is 11.8 Å². The summed E-state index contributed by atoms with van der Waals surface area (Å²) in [6.45, 7) is 10.9. The van der Waals surface area contributed by atoms with Crippen LogP contribution in [-0.2, 0) is 32.3 Å². The minimum Gasteiger partial charge on any atom is -0.445 e. The molecule has 0 spiro atoms. The first-order chi connectivity index (χ1) is 18.8. The van der Waals surface area contributed by atoms with Crippen LogP contribution in [0, 0.1) is 5.92 Å². The molecule has 0 aliphatic heterocycles. The molecule has 2 aromatic carbocycles. The first-order valence-electron chi connectivity index (χ1n) is 13.3. The summed E-state index contributed by atoms with van der Waals surface area (Å²) in [7, 11) is 0. The van der Waals surface area contributed by atoms with E-state index in [4.69, 9.17) is 9.47 Å².